The molecule has 0 amide bonds. The quantitative estimate of drug-likeness (QED) is 0.894. The van der Waals surface area contributed by atoms with Gasteiger partial charge >= 0.3 is 0 Å². The van der Waals surface area contributed by atoms with Crippen molar-refractivity contribution in [2.24, 2.45) is 5.73 Å². The second-order valence-electron chi connectivity index (χ2n) is 5.06. The molecule has 1 aromatic heterocycles. The average Bonchev–Trinajstić information content (AvgIpc) is 3.19. The monoisotopic (exact) mass is 257 g/mol. The van der Waals surface area contributed by atoms with Crippen LogP contribution in [0.3, 0.4) is 0 Å². The first-order valence-electron chi connectivity index (χ1n) is 6.69. The zero-order chi connectivity index (χ0) is 13.2. The fourth-order valence-electron chi connectivity index (χ4n) is 2.31. The molecule has 4 nitrogen and oxygen atoms in total. The van der Waals surface area contributed by atoms with Crippen molar-refractivity contribution < 1.29 is 4.74 Å². The number of methoxy groups -OCH3 is 1. The maximum atomic E-state index is 5.67. The highest BCUT2D eigenvalue weighted by molar-refractivity contribution is 5.37. The maximum absolute atomic E-state index is 5.67. The molecule has 1 fully saturated rings. The normalized spacial score (nSPS) is 14.6. The first-order chi connectivity index (χ1) is 9.30. The molecule has 3 rings (SSSR count). The van der Waals surface area contributed by atoms with Crippen LogP contribution in [0.2, 0.25) is 0 Å². The predicted octanol–water partition coefficient (Wildman–Crippen LogP) is 2.28. The Bertz CT molecular complexity index is 573. The molecule has 2 N–H and O–H groups in total. The van der Waals surface area contributed by atoms with Crippen LogP contribution < -0.4 is 10.5 Å². The minimum absolute atomic E-state index is 0.497. The minimum atomic E-state index is 0.497. The van der Waals surface area contributed by atoms with E-state index in [0.29, 0.717) is 12.5 Å². The summed E-state index contributed by atoms with van der Waals surface area (Å²) >= 11 is 0. The van der Waals surface area contributed by atoms with Crippen molar-refractivity contribution in [3.05, 3.63) is 47.3 Å². The van der Waals surface area contributed by atoms with Gasteiger partial charge in [-0.05, 0) is 30.5 Å². The smallest absolute Gasteiger partial charge is 0.123 e. The van der Waals surface area contributed by atoms with Gasteiger partial charge in [0.1, 0.15) is 5.75 Å². The summed E-state index contributed by atoms with van der Waals surface area (Å²) < 4.78 is 7.35. The van der Waals surface area contributed by atoms with E-state index in [1.165, 1.54) is 24.1 Å². The zero-order valence-electron chi connectivity index (χ0n) is 11.2. The third-order valence-corrected chi connectivity index (χ3v) is 3.57. The Morgan fingerprint density at radius 3 is 2.89 bits per heavy atom. The highest BCUT2D eigenvalue weighted by Gasteiger charge is 2.25. The van der Waals surface area contributed by atoms with E-state index in [4.69, 9.17) is 10.5 Å². The van der Waals surface area contributed by atoms with Gasteiger partial charge in [-0.3, -0.25) is 4.68 Å². The largest absolute Gasteiger partial charge is 0.496 e. The van der Waals surface area contributed by atoms with Gasteiger partial charge in [0.2, 0.25) is 0 Å². The SMILES string of the molecule is COc1cc(Cn2ccc(C3CC3)n2)ccc1CN. The summed E-state index contributed by atoms with van der Waals surface area (Å²) in [6.07, 6.45) is 4.63. The minimum Gasteiger partial charge on any atom is -0.496 e. The molecule has 2 aromatic rings. The van der Waals surface area contributed by atoms with E-state index in [0.717, 1.165) is 17.9 Å². The Morgan fingerprint density at radius 1 is 1.37 bits per heavy atom. The number of benzene rings is 1. The van der Waals surface area contributed by atoms with Crippen molar-refractivity contribution in [3.63, 3.8) is 0 Å². The fraction of sp³-hybridized carbons (Fsp3) is 0.400. The van der Waals surface area contributed by atoms with Gasteiger partial charge in [0.05, 0.1) is 19.3 Å². The highest BCUT2D eigenvalue weighted by Crippen LogP contribution is 2.38. The Labute approximate surface area is 113 Å². The number of rotatable bonds is 5. The molecule has 0 unspecified atom stereocenters. The van der Waals surface area contributed by atoms with Gasteiger partial charge < -0.3 is 10.5 Å². The summed E-state index contributed by atoms with van der Waals surface area (Å²) in [7, 11) is 1.68. The highest BCUT2D eigenvalue weighted by atomic mass is 16.5. The van der Waals surface area contributed by atoms with Crippen LogP contribution in [-0.4, -0.2) is 16.9 Å². The Morgan fingerprint density at radius 2 is 2.21 bits per heavy atom. The van der Waals surface area contributed by atoms with Crippen LogP contribution in [-0.2, 0) is 13.1 Å². The van der Waals surface area contributed by atoms with E-state index < -0.39 is 0 Å². The molecule has 1 aromatic carbocycles. The molecular weight excluding hydrogens is 238 g/mol. The topological polar surface area (TPSA) is 53.1 Å². The molecule has 0 saturated heterocycles. The summed E-state index contributed by atoms with van der Waals surface area (Å²) in [4.78, 5) is 0. The molecule has 1 aliphatic rings. The molecule has 0 spiro atoms. The summed E-state index contributed by atoms with van der Waals surface area (Å²) in [5.74, 6) is 1.56. The molecule has 0 bridgehead atoms. The van der Waals surface area contributed by atoms with Gasteiger partial charge in [0.15, 0.2) is 0 Å². The first kappa shape index (κ1) is 12.2. The lowest BCUT2D eigenvalue weighted by molar-refractivity contribution is 0.409. The number of aromatic nitrogens is 2. The lowest BCUT2D eigenvalue weighted by Gasteiger charge is -2.09. The number of nitrogens with zero attached hydrogens (tertiary/aromatic N) is 2. The lowest BCUT2D eigenvalue weighted by atomic mass is 10.1. The molecular formula is C15H19N3O. The standard InChI is InChI=1S/C15H19N3O/c1-19-15-8-11(2-3-13(15)9-16)10-18-7-6-14(17-18)12-4-5-12/h2-3,6-8,12H,4-5,9-10,16H2,1H3. The molecule has 0 aliphatic heterocycles. The van der Waals surface area contributed by atoms with E-state index in [2.05, 4.69) is 23.4 Å². The van der Waals surface area contributed by atoms with Crippen molar-refractivity contribution in [2.75, 3.05) is 7.11 Å². The van der Waals surface area contributed by atoms with Gasteiger partial charge in [0, 0.05) is 24.2 Å². The molecule has 100 valence electrons. The van der Waals surface area contributed by atoms with Crippen LogP contribution in [0.15, 0.2) is 30.5 Å². The molecule has 4 heteroatoms. The third kappa shape index (κ3) is 2.63. The average molecular weight is 257 g/mol. The van der Waals surface area contributed by atoms with Crippen LogP contribution in [0.5, 0.6) is 5.75 Å². The molecule has 1 saturated carbocycles. The van der Waals surface area contributed by atoms with Crippen LogP contribution in [0.1, 0.15) is 35.6 Å². The van der Waals surface area contributed by atoms with Crippen LogP contribution in [0.25, 0.3) is 0 Å². The summed E-state index contributed by atoms with van der Waals surface area (Å²) in [6.45, 7) is 1.27. The molecule has 1 aliphatic carbocycles. The molecule has 19 heavy (non-hydrogen) atoms. The van der Waals surface area contributed by atoms with Crippen molar-refractivity contribution in [2.45, 2.75) is 31.8 Å². The van der Waals surface area contributed by atoms with Crippen molar-refractivity contribution in [1.82, 2.24) is 9.78 Å². The Hall–Kier alpha value is -1.81. The van der Waals surface area contributed by atoms with Crippen LogP contribution in [0, 0.1) is 0 Å². The fourth-order valence-corrected chi connectivity index (χ4v) is 2.31. The van der Waals surface area contributed by atoms with Gasteiger partial charge in [0.25, 0.3) is 0 Å². The van der Waals surface area contributed by atoms with Crippen molar-refractivity contribution in [3.8, 4) is 5.75 Å². The Balaban J connectivity index is 1.77. The van der Waals surface area contributed by atoms with Gasteiger partial charge in [-0.25, -0.2) is 0 Å². The second-order valence-corrected chi connectivity index (χ2v) is 5.06. The second kappa shape index (κ2) is 5.05. The van der Waals surface area contributed by atoms with E-state index in [-0.39, 0.29) is 0 Å². The molecule has 1 heterocycles. The number of hydrogen-bond acceptors (Lipinski definition) is 3. The van der Waals surface area contributed by atoms with Crippen molar-refractivity contribution in [1.29, 1.82) is 0 Å². The van der Waals surface area contributed by atoms with Gasteiger partial charge in [-0.15, -0.1) is 0 Å². The van der Waals surface area contributed by atoms with Crippen molar-refractivity contribution >= 4 is 0 Å². The number of hydrogen-bond donors (Lipinski definition) is 1. The summed E-state index contributed by atoms with van der Waals surface area (Å²) in [6, 6.07) is 8.28. The summed E-state index contributed by atoms with van der Waals surface area (Å²) in [5, 5.41) is 4.62. The molecule has 0 radical (unpaired) electrons. The Kier molecular flexibility index (Phi) is 3.25. The maximum Gasteiger partial charge on any atom is 0.123 e. The lowest BCUT2D eigenvalue weighted by Crippen LogP contribution is -2.04. The molecule has 0 atom stereocenters. The van der Waals surface area contributed by atoms with E-state index in [1.807, 2.05) is 16.8 Å². The van der Waals surface area contributed by atoms with Crippen LogP contribution >= 0.6 is 0 Å². The zero-order valence-corrected chi connectivity index (χ0v) is 11.2. The van der Waals surface area contributed by atoms with Gasteiger partial charge in [-0.1, -0.05) is 12.1 Å². The van der Waals surface area contributed by atoms with E-state index >= 15 is 0 Å². The van der Waals surface area contributed by atoms with Crippen LogP contribution in [0.4, 0.5) is 0 Å². The van der Waals surface area contributed by atoms with Gasteiger partial charge in [-0.2, -0.15) is 5.10 Å². The van der Waals surface area contributed by atoms with E-state index in [1.54, 1.807) is 7.11 Å². The first-order valence-corrected chi connectivity index (χ1v) is 6.69. The predicted molar refractivity (Wildman–Crippen MR) is 74.2 cm³/mol. The number of nitrogens with two attached hydrogens (primary N) is 1. The summed E-state index contributed by atoms with van der Waals surface area (Å²) in [5.41, 5.74) is 9.12. The number of ether oxygens (including phenoxy) is 1. The third-order valence-electron chi connectivity index (χ3n) is 3.57. The van der Waals surface area contributed by atoms with E-state index in [9.17, 15) is 0 Å².